The molecular weight excluding hydrogens is 288 g/mol. The standard InChI is InChI=1S/C15H16N2O3S/c1-2-20-15(19)11-8-9-21-14(11)17-13(18)12(16)10-6-4-3-5-7-10/h3-9,12H,2,16H2,1H3,(H,17,18)/t12-/m0/s1. The number of hydrogen-bond donors (Lipinski definition) is 2. The zero-order valence-corrected chi connectivity index (χ0v) is 12.4. The lowest BCUT2D eigenvalue weighted by Gasteiger charge is -2.12. The number of carbonyl (C=O) groups is 2. The topological polar surface area (TPSA) is 81.4 Å². The molecular formula is C15H16N2O3S. The maximum atomic E-state index is 12.2. The van der Waals surface area contributed by atoms with E-state index in [0.29, 0.717) is 16.1 Å². The first-order valence-corrected chi connectivity index (χ1v) is 7.37. The minimum Gasteiger partial charge on any atom is -0.462 e. The second-order valence-electron chi connectivity index (χ2n) is 4.26. The van der Waals surface area contributed by atoms with Crippen LogP contribution < -0.4 is 11.1 Å². The van der Waals surface area contributed by atoms with E-state index in [-0.39, 0.29) is 12.5 Å². The van der Waals surface area contributed by atoms with Gasteiger partial charge in [0.25, 0.3) is 0 Å². The molecule has 1 aromatic heterocycles. The molecule has 0 aliphatic rings. The third kappa shape index (κ3) is 3.68. The Morgan fingerprint density at radius 1 is 1.29 bits per heavy atom. The van der Waals surface area contributed by atoms with Crippen molar-refractivity contribution < 1.29 is 14.3 Å². The van der Waals surface area contributed by atoms with E-state index in [1.165, 1.54) is 11.3 Å². The first-order valence-electron chi connectivity index (χ1n) is 6.49. The summed E-state index contributed by atoms with van der Waals surface area (Å²) in [6.45, 7) is 2.01. The average Bonchev–Trinajstić information content (AvgIpc) is 2.95. The first kappa shape index (κ1) is 15.2. The average molecular weight is 304 g/mol. The van der Waals surface area contributed by atoms with Crippen LogP contribution in [-0.2, 0) is 9.53 Å². The molecule has 1 aromatic carbocycles. The van der Waals surface area contributed by atoms with Crippen LogP contribution in [0.4, 0.5) is 5.00 Å². The van der Waals surface area contributed by atoms with Gasteiger partial charge in [-0.2, -0.15) is 0 Å². The molecule has 0 radical (unpaired) electrons. The number of esters is 1. The van der Waals surface area contributed by atoms with Crippen molar-refractivity contribution in [1.82, 2.24) is 0 Å². The number of thiophene rings is 1. The predicted molar refractivity (Wildman–Crippen MR) is 82.3 cm³/mol. The van der Waals surface area contributed by atoms with Crippen molar-refractivity contribution in [1.29, 1.82) is 0 Å². The molecule has 2 rings (SSSR count). The number of benzene rings is 1. The summed E-state index contributed by atoms with van der Waals surface area (Å²) in [6, 6.07) is 9.88. The normalized spacial score (nSPS) is 11.7. The van der Waals surface area contributed by atoms with Crippen LogP contribution in [0.1, 0.15) is 28.9 Å². The first-order chi connectivity index (χ1) is 10.1. The summed E-state index contributed by atoms with van der Waals surface area (Å²) in [4.78, 5) is 23.9. The Morgan fingerprint density at radius 3 is 2.67 bits per heavy atom. The van der Waals surface area contributed by atoms with E-state index in [0.717, 1.165) is 0 Å². The van der Waals surface area contributed by atoms with Crippen molar-refractivity contribution in [2.45, 2.75) is 13.0 Å². The number of ether oxygens (including phenoxy) is 1. The van der Waals surface area contributed by atoms with E-state index >= 15 is 0 Å². The number of nitrogens with one attached hydrogen (secondary N) is 1. The van der Waals surface area contributed by atoms with E-state index in [2.05, 4.69) is 5.32 Å². The van der Waals surface area contributed by atoms with Gasteiger partial charge in [-0.3, -0.25) is 4.79 Å². The summed E-state index contributed by atoms with van der Waals surface area (Å²) in [7, 11) is 0. The second kappa shape index (κ2) is 7.01. The molecule has 3 N–H and O–H groups in total. The maximum Gasteiger partial charge on any atom is 0.341 e. The van der Waals surface area contributed by atoms with E-state index in [4.69, 9.17) is 10.5 Å². The molecule has 0 unspecified atom stereocenters. The molecule has 5 nitrogen and oxygen atoms in total. The molecule has 0 saturated carbocycles. The number of hydrogen-bond acceptors (Lipinski definition) is 5. The minimum absolute atomic E-state index is 0.283. The number of carbonyl (C=O) groups excluding carboxylic acids is 2. The molecule has 0 aliphatic heterocycles. The van der Waals surface area contributed by atoms with Crippen LogP contribution in [0.5, 0.6) is 0 Å². The van der Waals surface area contributed by atoms with Crippen molar-refractivity contribution in [2.24, 2.45) is 5.73 Å². The summed E-state index contributed by atoms with van der Waals surface area (Å²) in [6.07, 6.45) is 0. The fourth-order valence-corrected chi connectivity index (χ4v) is 2.56. The van der Waals surface area contributed by atoms with Gasteiger partial charge in [0.1, 0.15) is 11.0 Å². The summed E-state index contributed by atoms with van der Waals surface area (Å²) < 4.78 is 4.94. The van der Waals surface area contributed by atoms with Gasteiger partial charge in [0.05, 0.1) is 12.2 Å². The Balaban J connectivity index is 2.10. The SMILES string of the molecule is CCOC(=O)c1ccsc1NC(=O)[C@@H](N)c1ccccc1. The van der Waals surface area contributed by atoms with Crippen molar-refractivity contribution in [3.63, 3.8) is 0 Å². The molecule has 0 aliphatic carbocycles. The van der Waals surface area contributed by atoms with Crippen LogP contribution in [0.25, 0.3) is 0 Å². The highest BCUT2D eigenvalue weighted by Crippen LogP contribution is 2.25. The van der Waals surface area contributed by atoms with Gasteiger partial charge in [0, 0.05) is 0 Å². The molecule has 2 aromatic rings. The molecule has 1 heterocycles. The van der Waals surface area contributed by atoms with Gasteiger partial charge in [0.2, 0.25) is 5.91 Å². The summed E-state index contributed by atoms with van der Waals surface area (Å²) in [5.41, 5.74) is 6.97. The quantitative estimate of drug-likeness (QED) is 0.832. The summed E-state index contributed by atoms with van der Waals surface area (Å²) in [5, 5.41) is 4.85. The van der Waals surface area contributed by atoms with E-state index in [1.807, 2.05) is 18.2 Å². The molecule has 6 heteroatoms. The summed E-state index contributed by atoms with van der Waals surface area (Å²) in [5.74, 6) is -0.823. The van der Waals surface area contributed by atoms with Gasteiger partial charge in [0.15, 0.2) is 0 Å². The van der Waals surface area contributed by atoms with Gasteiger partial charge in [-0.15, -0.1) is 11.3 Å². The molecule has 0 spiro atoms. The predicted octanol–water partition coefficient (Wildman–Crippen LogP) is 2.56. The number of rotatable bonds is 5. The van der Waals surface area contributed by atoms with Crippen LogP contribution in [0.15, 0.2) is 41.8 Å². The molecule has 110 valence electrons. The lowest BCUT2D eigenvalue weighted by molar-refractivity contribution is -0.117. The second-order valence-corrected chi connectivity index (χ2v) is 5.18. The van der Waals surface area contributed by atoms with Crippen LogP contribution >= 0.6 is 11.3 Å². The van der Waals surface area contributed by atoms with E-state index < -0.39 is 12.0 Å². The van der Waals surface area contributed by atoms with E-state index in [1.54, 1.807) is 30.5 Å². The molecule has 21 heavy (non-hydrogen) atoms. The minimum atomic E-state index is -0.789. The zero-order valence-electron chi connectivity index (χ0n) is 11.5. The Kier molecular flexibility index (Phi) is 5.08. The highest BCUT2D eigenvalue weighted by atomic mass is 32.1. The van der Waals surface area contributed by atoms with Crippen molar-refractivity contribution in [3.05, 3.63) is 52.9 Å². The molecule has 1 atom stereocenters. The van der Waals surface area contributed by atoms with E-state index in [9.17, 15) is 9.59 Å². The Morgan fingerprint density at radius 2 is 2.00 bits per heavy atom. The third-order valence-corrected chi connectivity index (χ3v) is 3.67. The smallest absolute Gasteiger partial charge is 0.341 e. The number of nitrogens with two attached hydrogens (primary N) is 1. The lowest BCUT2D eigenvalue weighted by Crippen LogP contribution is -2.28. The monoisotopic (exact) mass is 304 g/mol. The summed E-state index contributed by atoms with van der Waals surface area (Å²) >= 11 is 1.26. The lowest BCUT2D eigenvalue weighted by atomic mass is 10.1. The van der Waals surface area contributed by atoms with Crippen LogP contribution in [0.3, 0.4) is 0 Å². The van der Waals surface area contributed by atoms with Crippen LogP contribution in [0.2, 0.25) is 0 Å². The molecule has 0 bridgehead atoms. The third-order valence-electron chi connectivity index (χ3n) is 2.84. The fourth-order valence-electron chi connectivity index (χ4n) is 1.78. The highest BCUT2D eigenvalue weighted by Gasteiger charge is 2.20. The van der Waals surface area contributed by atoms with Gasteiger partial charge < -0.3 is 15.8 Å². The van der Waals surface area contributed by atoms with Crippen LogP contribution in [0, 0.1) is 0 Å². The molecule has 0 fully saturated rings. The number of amides is 1. The Bertz CT molecular complexity index is 625. The number of anilines is 1. The van der Waals surface area contributed by atoms with Gasteiger partial charge in [-0.25, -0.2) is 4.79 Å². The van der Waals surface area contributed by atoms with Gasteiger partial charge >= 0.3 is 5.97 Å². The fraction of sp³-hybridized carbons (Fsp3) is 0.200. The van der Waals surface area contributed by atoms with Gasteiger partial charge in [-0.05, 0) is 23.9 Å². The van der Waals surface area contributed by atoms with Crippen molar-refractivity contribution in [3.8, 4) is 0 Å². The van der Waals surface area contributed by atoms with Gasteiger partial charge in [-0.1, -0.05) is 30.3 Å². The Hall–Kier alpha value is -2.18. The molecule has 0 saturated heterocycles. The van der Waals surface area contributed by atoms with Crippen molar-refractivity contribution >= 4 is 28.2 Å². The zero-order chi connectivity index (χ0) is 15.2. The van der Waals surface area contributed by atoms with Crippen LogP contribution in [-0.4, -0.2) is 18.5 Å². The Labute approximate surface area is 126 Å². The van der Waals surface area contributed by atoms with Crippen molar-refractivity contribution in [2.75, 3.05) is 11.9 Å². The largest absolute Gasteiger partial charge is 0.462 e. The maximum absolute atomic E-state index is 12.2. The molecule has 1 amide bonds. The highest BCUT2D eigenvalue weighted by molar-refractivity contribution is 7.14.